The lowest BCUT2D eigenvalue weighted by Gasteiger charge is -2.21. The van der Waals surface area contributed by atoms with Crippen LogP contribution >= 0.6 is 0 Å². The molecule has 0 aliphatic carbocycles. The first-order valence-electron chi connectivity index (χ1n) is 4.19. The number of benzene rings is 1. The van der Waals surface area contributed by atoms with Gasteiger partial charge in [0.25, 0.3) is 0 Å². The van der Waals surface area contributed by atoms with Gasteiger partial charge in [0.15, 0.2) is 0 Å². The van der Waals surface area contributed by atoms with Gasteiger partial charge in [-0.2, -0.15) is 0 Å². The summed E-state index contributed by atoms with van der Waals surface area (Å²) in [5.74, 6) is 1.01. The normalized spacial score (nSPS) is 11.6. The van der Waals surface area contributed by atoms with Crippen molar-refractivity contribution in [3.05, 3.63) is 29.8 Å². The topological polar surface area (TPSA) is 9.23 Å². The zero-order valence-corrected chi connectivity index (χ0v) is 10.2. The Morgan fingerprint density at radius 1 is 1.25 bits per heavy atom. The van der Waals surface area contributed by atoms with Crippen LogP contribution in [0.2, 0.25) is 0 Å². The Kier molecular flexibility index (Phi) is 2.57. The minimum Gasteiger partial charge on any atom is -0.496 e. The third-order valence-corrected chi connectivity index (χ3v) is 2.45. The Morgan fingerprint density at radius 3 is 2.25 bits per heavy atom. The standard InChI is InChI=1S/C10H16OSi/c1-10(2,12)8-6-4-5-7-9(8)11-3/h4-7H,1-3,12H3. The molecule has 2 heteroatoms. The minimum absolute atomic E-state index is 0.298. The van der Waals surface area contributed by atoms with E-state index >= 15 is 0 Å². The molecule has 0 aliphatic heterocycles. The van der Waals surface area contributed by atoms with Crippen LogP contribution in [0.4, 0.5) is 0 Å². The average Bonchev–Trinajstić information content (AvgIpc) is 2.03. The SMILES string of the molecule is COc1ccccc1C(C)(C)[SiH3]. The molecule has 0 N–H and O–H groups in total. The van der Waals surface area contributed by atoms with Gasteiger partial charge in [-0.15, -0.1) is 0 Å². The van der Waals surface area contributed by atoms with E-state index in [0.29, 0.717) is 5.04 Å². The molecule has 0 aliphatic rings. The molecule has 66 valence electrons. The van der Waals surface area contributed by atoms with Crippen molar-refractivity contribution in [1.82, 2.24) is 0 Å². The number of ether oxygens (including phenoxy) is 1. The number of hydrogen-bond donors (Lipinski definition) is 0. The molecule has 0 amide bonds. The minimum atomic E-state index is 0.298. The van der Waals surface area contributed by atoms with Gasteiger partial charge in [0.1, 0.15) is 5.75 Å². The summed E-state index contributed by atoms with van der Waals surface area (Å²) in [6, 6.07) is 8.24. The molecule has 1 aromatic rings. The Morgan fingerprint density at radius 2 is 1.83 bits per heavy atom. The summed E-state index contributed by atoms with van der Waals surface area (Å²) in [5, 5.41) is 0.298. The molecule has 0 radical (unpaired) electrons. The first-order valence-corrected chi connectivity index (χ1v) is 5.19. The van der Waals surface area contributed by atoms with Crippen molar-refractivity contribution in [3.63, 3.8) is 0 Å². The van der Waals surface area contributed by atoms with Crippen LogP contribution < -0.4 is 4.74 Å². The van der Waals surface area contributed by atoms with E-state index in [0.717, 1.165) is 16.0 Å². The van der Waals surface area contributed by atoms with E-state index in [1.54, 1.807) is 7.11 Å². The number of para-hydroxylation sites is 1. The van der Waals surface area contributed by atoms with Crippen LogP contribution in [0.5, 0.6) is 5.75 Å². The predicted octanol–water partition coefficient (Wildman–Crippen LogP) is 1.30. The van der Waals surface area contributed by atoms with Gasteiger partial charge in [-0.3, -0.25) is 0 Å². The Hall–Kier alpha value is -0.763. The van der Waals surface area contributed by atoms with Crippen molar-refractivity contribution in [2.24, 2.45) is 0 Å². The van der Waals surface area contributed by atoms with E-state index in [-0.39, 0.29) is 0 Å². The number of hydrogen-bond acceptors (Lipinski definition) is 1. The molecule has 12 heavy (non-hydrogen) atoms. The molecule has 0 heterocycles. The molecular weight excluding hydrogens is 164 g/mol. The lowest BCUT2D eigenvalue weighted by atomic mass is 10.0. The summed E-state index contributed by atoms with van der Waals surface area (Å²) in [6.07, 6.45) is 0. The first kappa shape index (κ1) is 9.33. The van der Waals surface area contributed by atoms with Crippen molar-refractivity contribution < 1.29 is 4.74 Å². The molecule has 0 spiro atoms. The van der Waals surface area contributed by atoms with E-state index in [4.69, 9.17) is 4.74 Å². The molecule has 1 rings (SSSR count). The molecule has 0 fully saturated rings. The maximum atomic E-state index is 5.29. The predicted molar refractivity (Wildman–Crippen MR) is 56.0 cm³/mol. The van der Waals surface area contributed by atoms with Gasteiger partial charge in [-0.05, 0) is 16.7 Å². The van der Waals surface area contributed by atoms with Crippen molar-refractivity contribution >= 4 is 10.2 Å². The Labute approximate surface area is 77.2 Å². The van der Waals surface area contributed by atoms with Crippen LogP contribution in [0.1, 0.15) is 19.4 Å². The molecule has 0 bridgehead atoms. The molecule has 0 aromatic heterocycles. The van der Waals surface area contributed by atoms with E-state index in [1.165, 1.54) is 5.56 Å². The number of rotatable bonds is 2. The highest BCUT2D eigenvalue weighted by atomic mass is 28.1. The summed E-state index contributed by atoms with van der Waals surface area (Å²) in [4.78, 5) is 0. The Bertz CT molecular complexity index is 263. The largest absolute Gasteiger partial charge is 0.496 e. The lowest BCUT2D eigenvalue weighted by Crippen LogP contribution is -2.17. The van der Waals surface area contributed by atoms with Crippen LogP contribution in [0.25, 0.3) is 0 Å². The fraction of sp³-hybridized carbons (Fsp3) is 0.400. The lowest BCUT2D eigenvalue weighted by molar-refractivity contribution is 0.405. The van der Waals surface area contributed by atoms with Crippen molar-refractivity contribution in [3.8, 4) is 5.75 Å². The number of methoxy groups -OCH3 is 1. The first-order chi connectivity index (χ1) is 5.55. The van der Waals surface area contributed by atoms with Crippen molar-refractivity contribution in [1.29, 1.82) is 0 Å². The van der Waals surface area contributed by atoms with Gasteiger partial charge in [0.05, 0.1) is 7.11 Å². The third-order valence-electron chi connectivity index (χ3n) is 1.91. The zero-order chi connectivity index (χ0) is 9.19. The second-order valence-corrected chi connectivity index (χ2v) is 6.45. The summed E-state index contributed by atoms with van der Waals surface area (Å²) in [7, 11) is 2.87. The summed E-state index contributed by atoms with van der Waals surface area (Å²) in [6.45, 7) is 4.49. The maximum absolute atomic E-state index is 5.29. The van der Waals surface area contributed by atoms with Crippen LogP contribution in [-0.2, 0) is 5.04 Å². The van der Waals surface area contributed by atoms with Crippen LogP contribution in [0.3, 0.4) is 0 Å². The van der Waals surface area contributed by atoms with E-state index in [1.807, 2.05) is 12.1 Å². The second-order valence-electron chi connectivity index (χ2n) is 3.95. The van der Waals surface area contributed by atoms with Crippen molar-refractivity contribution in [2.45, 2.75) is 18.9 Å². The smallest absolute Gasteiger partial charge is 0.122 e. The van der Waals surface area contributed by atoms with E-state index in [9.17, 15) is 0 Å². The summed E-state index contributed by atoms with van der Waals surface area (Å²) in [5.41, 5.74) is 1.32. The fourth-order valence-corrected chi connectivity index (χ4v) is 1.68. The van der Waals surface area contributed by atoms with Gasteiger partial charge < -0.3 is 4.74 Å². The highest BCUT2D eigenvalue weighted by Gasteiger charge is 2.17. The monoisotopic (exact) mass is 180 g/mol. The van der Waals surface area contributed by atoms with Gasteiger partial charge in [-0.1, -0.05) is 32.0 Å². The van der Waals surface area contributed by atoms with Crippen LogP contribution in [-0.4, -0.2) is 17.4 Å². The van der Waals surface area contributed by atoms with Crippen LogP contribution in [0, 0.1) is 0 Å². The molecule has 0 unspecified atom stereocenters. The Balaban J connectivity index is 3.14. The average molecular weight is 180 g/mol. The molecular formula is C10H16OSi. The van der Waals surface area contributed by atoms with Gasteiger partial charge in [0, 0.05) is 10.2 Å². The van der Waals surface area contributed by atoms with E-state index < -0.39 is 0 Å². The van der Waals surface area contributed by atoms with Gasteiger partial charge in [0.2, 0.25) is 0 Å². The summed E-state index contributed by atoms with van der Waals surface area (Å²) >= 11 is 0. The third kappa shape index (κ3) is 1.88. The second kappa shape index (κ2) is 3.31. The molecule has 0 atom stereocenters. The van der Waals surface area contributed by atoms with Crippen LogP contribution in [0.15, 0.2) is 24.3 Å². The molecule has 0 saturated carbocycles. The van der Waals surface area contributed by atoms with Gasteiger partial charge >= 0.3 is 0 Å². The maximum Gasteiger partial charge on any atom is 0.122 e. The fourth-order valence-electron chi connectivity index (χ4n) is 1.26. The molecule has 1 aromatic carbocycles. The zero-order valence-electron chi connectivity index (χ0n) is 8.22. The molecule has 0 saturated heterocycles. The molecule has 1 nitrogen and oxygen atoms in total. The van der Waals surface area contributed by atoms with Crippen molar-refractivity contribution in [2.75, 3.05) is 7.11 Å². The van der Waals surface area contributed by atoms with Gasteiger partial charge in [-0.25, -0.2) is 0 Å². The summed E-state index contributed by atoms with van der Waals surface area (Å²) < 4.78 is 5.29. The highest BCUT2D eigenvalue weighted by Crippen LogP contribution is 2.28. The highest BCUT2D eigenvalue weighted by molar-refractivity contribution is 6.15. The quantitative estimate of drug-likeness (QED) is 0.623. The van der Waals surface area contributed by atoms with E-state index in [2.05, 4.69) is 26.0 Å².